The third kappa shape index (κ3) is 5.78. The van der Waals surface area contributed by atoms with Gasteiger partial charge in [-0.1, -0.05) is 30.5 Å². The number of aryl methyl sites for hydroxylation is 1. The largest absolute Gasteiger partial charge is 0.489 e. The lowest BCUT2D eigenvalue weighted by Gasteiger charge is -2.19. The molecule has 0 spiro atoms. The Morgan fingerprint density at radius 1 is 1.11 bits per heavy atom. The van der Waals surface area contributed by atoms with Crippen molar-refractivity contribution in [2.75, 3.05) is 6.61 Å². The van der Waals surface area contributed by atoms with E-state index in [4.69, 9.17) is 9.84 Å². The van der Waals surface area contributed by atoms with Crippen molar-refractivity contribution in [3.63, 3.8) is 0 Å². The maximum Gasteiger partial charge on any atom is 0.303 e. The fraction of sp³-hybridized carbons (Fsp3) is 0.591. The third-order valence-corrected chi connectivity index (χ3v) is 5.82. The van der Waals surface area contributed by atoms with Crippen LogP contribution in [0.25, 0.3) is 0 Å². The van der Waals surface area contributed by atoms with E-state index in [2.05, 4.69) is 0 Å². The molecule has 0 aromatic heterocycles. The second-order valence-corrected chi connectivity index (χ2v) is 7.79. The topological polar surface area (TPSA) is 46.5 Å². The first-order valence-corrected chi connectivity index (χ1v) is 9.95. The van der Waals surface area contributed by atoms with Crippen LogP contribution in [-0.2, 0) is 11.2 Å². The molecule has 1 saturated carbocycles. The van der Waals surface area contributed by atoms with Crippen LogP contribution < -0.4 is 4.74 Å². The minimum absolute atomic E-state index is 0.0411. The monoisotopic (exact) mass is 378 g/mol. The molecule has 1 aromatic carbocycles. The Morgan fingerprint density at radius 2 is 1.78 bits per heavy atom. The van der Waals surface area contributed by atoms with Gasteiger partial charge in [0.1, 0.15) is 12.4 Å². The van der Waals surface area contributed by atoms with Crippen LogP contribution in [0.15, 0.2) is 35.4 Å². The molecule has 1 fully saturated rings. The first-order chi connectivity index (χ1) is 12.9. The van der Waals surface area contributed by atoms with Crippen LogP contribution in [0.4, 0.5) is 8.78 Å². The number of rotatable bonds is 7. The number of halogens is 2. The normalized spacial score (nSPS) is 20.5. The third-order valence-electron chi connectivity index (χ3n) is 5.82. The molecule has 1 aromatic rings. The quantitative estimate of drug-likeness (QED) is 0.612. The predicted molar refractivity (Wildman–Crippen MR) is 100 cm³/mol. The summed E-state index contributed by atoms with van der Waals surface area (Å²) in [5.41, 5.74) is 3.24. The van der Waals surface area contributed by atoms with Crippen molar-refractivity contribution in [3.8, 4) is 5.75 Å². The van der Waals surface area contributed by atoms with Gasteiger partial charge in [-0.3, -0.25) is 4.79 Å². The van der Waals surface area contributed by atoms with Crippen LogP contribution in [-0.4, -0.2) is 23.6 Å². The Kier molecular flexibility index (Phi) is 6.51. The molecule has 3 nitrogen and oxygen atoms in total. The average molecular weight is 378 g/mol. The van der Waals surface area contributed by atoms with E-state index in [0.29, 0.717) is 37.5 Å². The Labute approximate surface area is 159 Å². The SMILES string of the molecule is O=C(O)CCc1ccc(OCC2=C(C3CCCC3)CCC(F)(F)CC2)cc1. The number of alkyl halides is 2. The van der Waals surface area contributed by atoms with Crippen molar-refractivity contribution in [1.82, 2.24) is 0 Å². The molecule has 1 N–H and O–H groups in total. The Balaban J connectivity index is 1.64. The first kappa shape index (κ1) is 19.8. The van der Waals surface area contributed by atoms with Crippen LogP contribution >= 0.6 is 0 Å². The molecule has 5 heteroatoms. The molecule has 3 rings (SSSR count). The van der Waals surface area contributed by atoms with Crippen molar-refractivity contribution in [3.05, 3.63) is 41.0 Å². The lowest BCUT2D eigenvalue weighted by molar-refractivity contribution is -0.136. The van der Waals surface area contributed by atoms with Crippen LogP contribution in [0.2, 0.25) is 0 Å². The van der Waals surface area contributed by atoms with Gasteiger partial charge in [0.05, 0.1) is 0 Å². The van der Waals surface area contributed by atoms with Crippen LogP contribution in [0.5, 0.6) is 5.75 Å². The van der Waals surface area contributed by atoms with Gasteiger partial charge in [-0.05, 0) is 61.3 Å². The second-order valence-electron chi connectivity index (χ2n) is 7.79. The Bertz CT molecular complexity index is 673. The van der Waals surface area contributed by atoms with Gasteiger partial charge in [0.2, 0.25) is 5.92 Å². The molecule has 0 bridgehead atoms. The summed E-state index contributed by atoms with van der Waals surface area (Å²) in [6.45, 7) is 0.371. The second kappa shape index (κ2) is 8.85. The van der Waals surface area contributed by atoms with Crippen LogP contribution in [0.1, 0.15) is 63.4 Å². The summed E-state index contributed by atoms with van der Waals surface area (Å²) < 4.78 is 33.8. The van der Waals surface area contributed by atoms with Crippen LogP contribution in [0, 0.1) is 5.92 Å². The molecule has 0 aliphatic heterocycles. The number of benzene rings is 1. The van der Waals surface area contributed by atoms with E-state index < -0.39 is 11.9 Å². The molecular formula is C22H28F2O3. The average Bonchev–Trinajstić information content (AvgIpc) is 3.12. The summed E-state index contributed by atoms with van der Waals surface area (Å²) in [5, 5.41) is 8.75. The van der Waals surface area contributed by atoms with Crippen molar-refractivity contribution >= 4 is 5.97 Å². The van der Waals surface area contributed by atoms with Gasteiger partial charge >= 0.3 is 5.97 Å². The highest BCUT2D eigenvalue weighted by molar-refractivity contribution is 5.67. The standard InChI is InChI=1S/C22H28F2O3/c23-22(24)13-11-18(20(12-14-22)17-3-1-2-4-17)15-27-19-8-5-16(6-9-19)7-10-21(25)26/h5-6,8-9,17H,1-4,7,10-15H2,(H,25,26). The predicted octanol–water partition coefficient (Wildman–Crippen LogP) is 5.78. The number of carboxylic acid groups (broad SMARTS) is 1. The molecule has 0 unspecified atom stereocenters. The van der Waals surface area contributed by atoms with Gasteiger partial charge in [0.25, 0.3) is 0 Å². The summed E-state index contributed by atoms with van der Waals surface area (Å²) in [4.78, 5) is 10.6. The van der Waals surface area contributed by atoms with E-state index in [-0.39, 0.29) is 19.3 Å². The highest BCUT2D eigenvalue weighted by Crippen LogP contribution is 2.42. The highest BCUT2D eigenvalue weighted by atomic mass is 19.3. The molecule has 2 aliphatic rings. The molecule has 0 radical (unpaired) electrons. The van der Waals surface area contributed by atoms with Gasteiger partial charge in [-0.2, -0.15) is 0 Å². The van der Waals surface area contributed by atoms with Crippen molar-refractivity contribution in [1.29, 1.82) is 0 Å². The summed E-state index contributed by atoms with van der Waals surface area (Å²) in [6.07, 6.45) is 5.97. The molecule has 148 valence electrons. The maximum atomic E-state index is 13.9. The fourth-order valence-electron chi connectivity index (χ4n) is 4.22. The zero-order chi connectivity index (χ0) is 19.3. The number of hydrogen-bond donors (Lipinski definition) is 1. The minimum atomic E-state index is -2.57. The molecule has 0 saturated heterocycles. The van der Waals surface area contributed by atoms with Crippen molar-refractivity contribution in [2.24, 2.45) is 5.92 Å². The molecule has 0 atom stereocenters. The van der Waals surface area contributed by atoms with E-state index in [9.17, 15) is 13.6 Å². The van der Waals surface area contributed by atoms with Crippen LogP contribution in [0.3, 0.4) is 0 Å². The lowest BCUT2D eigenvalue weighted by atomic mass is 9.89. The molecule has 2 aliphatic carbocycles. The van der Waals surface area contributed by atoms with Gasteiger partial charge in [-0.15, -0.1) is 0 Å². The number of ether oxygens (including phenoxy) is 1. The summed E-state index contributed by atoms with van der Waals surface area (Å²) >= 11 is 0. The number of carbonyl (C=O) groups is 1. The molecule has 0 heterocycles. The smallest absolute Gasteiger partial charge is 0.303 e. The molecular weight excluding hydrogens is 350 g/mol. The molecule has 0 amide bonds. The molecule has 27 heavy (non-hydrogen) atoms. The number of hydrogen-bond acceptors (Lipinski definition) is 2. The number of carboxylic acids is 1. The summed E-state index contributed by atoms with van der Waals surface area (Å²) in [6, 6.07) is 7.40. The summed E-state index contributed by atoms with van der Waals surface area (Å²) in [7, 11) is 0. The fourth-order valence-corrected chi connectivity index (χ4v) is 4.22. The summed E-state index contributed by atoms with van der Waals surface area (Å²) in [5.74, 6) is -2.23. The number of aliphatic carboxylic acids is 1. The van der Waals surface area contributed by atoms with Gasteiger partial charge in [0, 0.05) is 19.3 Å². The Hall–Kier alpha value is -1.91. The first-order valence-electron chi connectivity index (χ1n) is 9.95. The van der Waals surface area contributed by atoms with E-state index in [1.165, 1.54) is 18.4 Å². The highest BCUT2D eigenvalue weighted by Gasteiger charge is 2.34. The maximum absolute atomic E-state index is 13.9. The Morgan fingerprint density at radius 3 is 2.44 bits per heavy atom. The van der Waals surface area contributed by atoms with E-state index in [0.717, 1.165) is 24.0 Å². The van der Waals surface area contributed by atoms with E-state index in [1.54, 1.807) is 0 Å². The van der Waals surface area contributed by atoms with E-state index >= 15 is 0 Å². The van der Waals surface area contributed by atoms with Crippen molar-refractivity contribution in [2.45, 2.75) is 70.1 Å². The zero-order valence-corrected chi connectivity index (χ0v) is 15.7. The van der Waals surface area contributed by atoms with E-state index in [1.807, 2.05) is 24.3 Å². The van der Waals surface area contributed by atoms with Crippen molar-refractivity contribution < 1.29 is 23.4 Å². The van der Waals surface area contributed by atoms with Gasteiger partial charge < -0.3 is 9.84 Å². The zero-order valence-electron chi connectivity index (χ0n) is 15.7. The van der Waals surface area contributed by atoms with Gasteiger partial charge in [0.15, 0.2) is 0 Å². The lowest BCUT2D eigenvalue weighted by Crippen LogP contribution is -2.14. The number of allylic oxidation sites excluding steroid dienone is 1. The minimum Gasteiger partial charge on any atom is -0.489 e. The van der Waals surface area contributed by atoms with Gasteiger partial charge in [-0.25, -0.2) is 8.78 Å².